The van der Waals surface area contributed by atoms with Crippen LogP contribution in [0.25, 0.3) is 0 Å². The van der Waals surface area contributed by atoms with Crippen molar-refractivity contribution in [3.05, 3.63) is 86.8 Å². The van der Waals surface area contributed by atoms with Gasteiger partial charge in [-0.1, -0.05) is 45.2 Å². The fraction of sp³-hybridized carbons (Fsp3) is 0.0526. The number of rotatable bonds is 7. The summed E-state index contributed by atoms with van der Waals surface area (Å²) in [6, 6.07) is 16.7. The maximum atomic E-state index is 12.5. The lowest BCUT2D eigenvalue weighted by atomic mass is 10.2. The summed E-state index contributed by atoms with van der Waals surface area (Å²) in [6.45, 7) is 0. The lowest BCUT2D eigenvalue weighted by molar-refractivity contribution is 0.599. The van der Waals surface area contributed by atoms with Gasteiger partial charge in [-0.15, -0.1) is 0 Å². The van der Waals surface area contributed by atoms with E-state index in [9.17, 15) is 16.8 Å². The first-order chi connectivity index (χ1) is 14.1. The SMILES string of the molecule is O=S(=O)(Cc1c(Cl)cccc1Cl)Nc1ccc(S(=O)(=O)Nc2ccc(Br)cc2)cc1. The molecule has 30 heavy (non-hydrogen) atoms. The Balaban J connectivity index is 1.74. The first-order valence-electron chi connectivity index (χ1n) is 8.37. The van der Waals surface area contributed by atoms with Gasteiger partial charge in [-0.2, -0.15) is 0 Å². The predicted molar refractivity (Wildman–Crippen MR) is 124 cm³/mol. The van der Waals surface area contributed by atoms with Gasteiger partial charge in [0.2, 0.25) is 10.0 Å². The van der Waals surface area contributed by atoms with E-state index in [1.54, 1.807) is 42.5 Å². The highest BCUT2D eigenvalue weighted by Crippen LogP contribution is 2.27. The standard InChI is InChI=1S/C19H15BrCl2N2O4S2/c20-13-4-6-15(7-5-13)24-30(27,28)16-10-8-14(9-11-16)23-29(25,26)12-17-18(21)2-1-3-19(17)22/h1-11,23-24H,12H2. The zero-order chi connectivity index (χ0) is 21.9. The molecule has 3 aromatic rings. The molecule has 0 fully saturated rings. The smallest absolute Gasteiger partial charge is 0.261 e. The Morgan fingerprint density at radius 2 is 1.23 bits per heavy atom. The summed E-state index contributed by atoms with van der Waals surface area (Å²) in [5, 5.41) is 0.488. The average molecular weight is 550 g/mol. The summed E-state index contributed by atoms with van der Waals surface area (Å²) < 4.78 is 55.6. The number of nitrogens with one attached hydrogen (secondary N) is 2. The second kappa shape index (κ2) is 9.15. The number of hydrogen-bond donors (Lipinski definition) is 2. The summed E-state index contributed by atoms with van der Waals surface area (Å²) >= 11 is 15.3. The van der Waals surface area contributed by atoms with Gasteiger partial charge in [0.1, 0.15) is 0 Å². The lowest BCUT2D eigenvalue weighted by Crippen LogP contribution is -2.16. The van der Waals surface area contributed by atoms with Gasteiger partial charge in [0.25, 0.3) is 10.0 Å². The number of anilines is 2. The van der Waals surface area contributed by atoms with E-state index in [4.69, 9.17) is 23.2 Å². The highest BCUT2D eigenvalue weighted by molar-refractivity contribution is 9.10. The Morgan fingerprint density at radius 1 is 0.733 bits per heavy atom. The van der Waals surface area contributed by atoms with Crippen LogP contribution in [0.1, 0.15) is 5.56 Å². The number of halogens is 3. The van der Waals surface area contributed by atoms with Crippen LogP contribution < -0.4 is 9.44 Å². The van der Waals surface area contributed by atoms with E-state index in [-0.39, 0.29) is 26.2 Å². The molecule has 0 radical (unpaired) electrons. The van der Waals surface area contributed by atoms with E-state index in [1.165, 1.54) is 24.3 Å². The summed E-state index contributed by atoms with van der Waals surface area (Å²) in [5.74, 6) is -0.420. The van der Waals surface area contributed by atoms with Crippen molar-refractivity contribution in [3.63, 3.8) is 0 Å². The predicted octanol–water partition coefficient (Wildman–Crippen LogP) is 5.50. The molecule has 3 aromatic carbocycles. The van der Waals surface area contributed by atoms with Crippen molar-refractivity contribution in [2.75, 3.05) is 9.44 Å². The van der Waals surface area contributed by atoms with E-state index >= 15 is 0 Å². The maximum absolute atomic E-state index is 12.5. The normalized spacial score (nSPS) is 11.8. The van der Waals surface area contributed by atoms with Crippen molar-refractivity contribution in [2.24, 2.45) is 0 Å². The summed E-state index contributed by atoms with van der Waals surface area (Å²) in [6.07, 6.45) is 0. The minimum Gasteiger partial charge on any atom is -0.283 e. The van der Waals surface area contributed by atoms with Crippen molar-refractivity contribution >= 4 is 70.6 Å². The molecule has 0 saturated heterocycles. The number of benzene rings is 3. The monoisotopic (exact) mass is 548 g/mol. The molecule has 0 aliphatic heterocycles. The molecule has 0 heterocycles. The summed E-state index contributed by atoms with van der Waals surface area (Å²) in [7, 11) is -7.65. The van der Waals surface area contributed by atoms with E-state index in [0.717, 1.165) is 4.47 Å². The van der Waals surface area contributed by atoms with Gasteiger partial charge in [-0.3, -0.25) is 9.44 Å². The molecule has 0 atom stereocenters. The van der Waals surface area contributed by atoms with Crippen LogP contribution in [0.3, 0.4) is 0 Å². The zero-order valence-corrected chi connectivity index (χ0v) is 19.9. The molecule has 0 aliphatic carbocycles. The quantitative estimate of drug-likeness (QED) is 0.407. The molecule has 11 heteroatoms. The van der Waals surface area contributed by atoms with Gasteiger partial charge >= 0.3 is 0 Å². The Labute approximate surface area is 193 Å². The van der Waals surface area contributed by atoms with Gasteiger partial charge in [-0.25, -0.2) is 16.8 Å². The van der Waals surface area contributed by atoms with Gasteiger partial charge in [0.15, 0.2) is 0 Å². The molecule has 0 aliphatic rings. The van der Waals surface area contributed by atoms with E-state index in [2.05, 4.69) is 25.4 Å². The molecule has 0 saturated carbocycles. The third-order valence-electron chi connectivity index (χ3n) is 3.93. The summed E-state index contributed by atoms with van der Waals surface area (Å²) in [5.41, 5.74) is 0.895. The first-order valence-corrected chi connectivity index (χ1v) is 13.1. The lowest BCUT2D eigenvalue weighted by Gasteiger charge is -2.12. The van der Waals surface area contributed by atoms with Gasteiger partial charge in [-0.05, 0) is 60.7 Å². The van der Waals surface area contributed by atoms with Crippen molar-refractivity contribution in [1.82, 2.24) is 0 Å². The van der Waals surface area contributed by atoms with E-state index < -0.39 is 25.8 Å². The Morgan fingerprint density at radius 3 is 1.80 bits per heavy atom. The van der Waals surface area contributed by atoms with Gasteiger partial charge in [0, 0.05) is 31.5 Å². The molecule has 0 unspecified atom stereocenters. The van der Waals surface area contributed by atoms with Crippen molar-refractivity contribution in [2.45, 2.75) is 10.6 Å². The molecule has 3 rings (SSSR count). The third kappa shape index (κ3) is 5.89. The van der Waals surface area contributed by atoms with E-state index in [0.29, 0.717) is 5.69 Å². The minimum atomic E-state index is -3.82. The van der Waals surface area contributed by atoms with Crippen LogP contribution >= 0.6 is 39.1 Å². The molecule has 0 amide bonds. The summed E-state index contributed by atoms with van der Waals surface area (Å²) in [4.78, 5) is -0.0116. The van der Waals surface area contributed by atoms with Crippen molar-refractivity contribution in [3.8, 4) is 0 Å². The molecular weight excluding hydrogens is 535 g/mol. The molecule has 6 nitrogen and oxygen atoms in total. The topological polar surface area (TPSA) is 92.3 Å². The van der Waals surface area contributed by atoms with Crippen LogP contribution in [0.2, 0.25) is 10.0 Å². The molecular formula is C19H15BrCl2N2O4S2. The van der Waals surface area contributed by atoms with Crippen molar-refractivity contribution < 1.29 is 16.8 Å². The van der Waals surface area contributed by atoms with Crippen LogP contribution in [-0.2, 0) is 25.8 Å². The van der Waals surface area contributed by atoms with Crippen LogP contribution in [0.4, 0.5) is 11.4 Å². The van der Waals surface area contributed by atoms with Gasteiger partial charge in [0.05, 0.1) is 10.6 Å². The minimum absolute atomic E-state index is 0.0116. The molecule has 0 spiro atoms. The molecule has 0 aromatic heterocycles. The molecule has 0 bridgehead atoms. The first kappa shape index (κ1) is 22.9. The highest BCUT2D eigenvalue weighted by Gasteiger charge is 2.18. The van der Waals surface area contributed by atoms with Crippen LogP contribution in [-0.4, -0.2) is 16.8 Å². The second-order valence-corrected chi connectivity index (χ2v) is 11.3. The highest BCUT2D eigenvalue weighted by atomic mass is 79.9. The average Bonchev–Trinajstić information content (AvgIpc) is 2.67. The van der Waals surface area contributed by atoms with E-state index in [1.807, 2.05) is 0 Å². The van der Waals surface area contributed by atoms with Crippen LogP contribution in [0.15, 0.2) is 76.1 Å². The largest absolute Gasteiger partial charge is 0.283 e. The Hall–Kier alpha value is -1.78. The van der Waals surface area contributed by atoms with Crippen LogP contribution in [0, 0.1) is 0 Å². The maximum Gasteiger partial charge on any atom is 0.261 e. The number of sulfonamides is 2. The Bertz CT molecular complexity index is 1240. The fourth-order valence-corrected chi connectivity index (χ4v) is 5.78. The zero-order valence-electron chi connectivity index (χ0n) is 15.1. The van der Waals surface area contributed by atoms with Crippen molar-refractivity contribution in [1.29, 1.82) is 0 Å². The number of hydrogen-bond acceptors (Lipinski definition) is 4. The van der Waals surface area contributed by atoms with Gasteiger partial charge < -0.3 is 0 Å². The Kier molecular flexibility index (Phi) is 6.98. The molecule has 2 N–H and O–H groups in total. The fourth-order valence-electron chi connectivity index (χ4n) is 2.51. The molecule has 158 valence electrons. The van der Waals surface area contributed by atoms with Crippen LogP contribution in [0.5, 0.6) is 0 Å². The second-order valence-electron chi connectivity index (χ2n) is 6.20. The third-order valence-corrected chi connectivity index (χ3v) is 7.78.